The molecule has 1 aliphatic rings. The maximum absolute atomic E-state index is 13.0. The Kier molecular flexibility index (Phi) is 7.33. The molecule has 0 aromatic heterocycles. The van der Waals surface area contributed by atoms with Gasteiger partial charge in [-0.2, -0.15) is 4.31 Å². The van der Waals surface area contributed by atoms with Gasteiger partial charge < -0.3 is 5.32 Å². The average molecular weight is 494 g/mol. The normalized spacial score (nSPS) is 15.9. The number of carbonyl (C=O) groups is 1. The minimum absolute atomic E-state index is 0.0216. The number of rotatable bonds is 6. The standard InChI is InChI=1S/C23H31N3O5S2/c1-17-11-12-20(33(30,31)26-13-6-5-7-14-26)16-21(17)22(27)24-18-9-8-10-19(15-18)32(28,29)25-23(2,3)4/h8-12,15-16,25H,5-7,13-14H2,1-4H3,(H,24,27). The molecule has 0 saturated carbocycles. The van der Waals surface area contributed by atoms with Crippen molar-refractivity contribution in [2.45, 2.75) is 62.3 Å². The molecule has 1 fully saturated rings. The highest BCUT2D eigenvalue weighted by molar-refractivity contribution is 7.89. The molecular formula is C23H31N3O5S2. The molecule has 0 spiro atoms. The van der Waals surface area contributed by atoms with Crippen LogP contribution in [0.3, 0.4) is 0 Å². The minimum Gasteiger partial charge on any atom is -0.322 e. The Balaban J connectivity index is 1.86. The van der Waals surface area contributed by atoms with Crippen LogP contribution in [0, 0.1) is 6.92 Å². The van der Waals surface area contributed by atoms with Gasteiger partial charge in [0.25, 0.3) is 5.91 Å². The first-order valence-electron chi connectivity index (χ1n) is 10.9. The van der Waals surface area contributed by atoms with Crippen molar-refractivity contribution in [1.29, 1.82) is 0 Å². The van der Waals surface area contributed by atoms with Crippen LogP contribution in [0.15, 0.2) is 52.3 Å². The zero-order valence-corrected chi connectivity index (χ0v) is 21.0. The van der Waals surface area contributed by atoms with Crippen LogP contribution >= 0.6 is 0 Å². The van der Waals surface area contributed by atoms with Crippen LogP contribution in [0.2, 0.25) is 0 Å². The zero-order chi connectivity index (χ0) is 24.4. The van der Waals surface area contributed by atoms with Gasteiger partial charge in [-0.15, -0.1) is 0 Å². The summed E-state index contributed by atoms with van der Waals surface area (Å²) in [5.41, 5.74) is 0.466. The molecule has 1 saturated heterocycles. The number of carbonyl (C=O) groups excluding carboxylic acids is 1. The summed E-state index contributed by atoms with van der Waals surface area (Å²) in [6.45, 7) is 7.89. The number of hydrogen-bond donors (Lipinski definition) is 2. The summed E-state index contributed by atoms with van der Waals surface area (Å²) in [5.74, 6) is -0.512. The fourth-order valence-electron chi connectivity index (χ4n) is 3.66. The van der Waals surface area contributed by atoms with Crippen molar-refractivity contribution in [2.75, 3.05) is 18.4 Å². The molecule has 8 nitrogen and oxygen atoms in total. The first-order chi connectivity index (χ1) is 15.3. The number of nitrogens with one attached hydrogen (secondary N) is 2. The highest BCUT2D eigenvalue weighted by Gasteiger charge is 2.27. The number of nitrogens with zero attached hydrogens (tertiary/aromatic N) is 1. The molecular weight excluding hydrogens is 462 g/mol. The van der Waals surface area contributed by atoms with Crippen LogP contribution in [0.4, 0.5) is 5.69 Å². The summed E-state index contributed by atoms with van der Waals surface area (Å²) in [4.78, 5) is 13.1. The second-order valence-corrected chi connectivity index (χ2v) is 12.9. The van der Waals surface area contributed by atoms with Gasteiger partial charge in [0.2, 0.25) is 20.0 Å². The van der Waals surface area contributed by atoms with E-state index in [0.29, 0.717) is 24.3 Å². The van der Waals surface area contributed by atoms with Gasteiger partial charge in [0.05, 0.1) is 9.79 Å². The summed E-state index contributed by atoms with van der Waals surface area (Å²) < 4.78 is 55.3. The van der Waals surface area contributed by atoms with E-state index in [2.05, 4.69) is 10.0 Å². The lowest BCUT2D eigenvalue weighted by Crippen LogP contribution is -2.40. The third-order valence-corrected chi connectivity index (χ3v) is 8.90. The number of sulfonamides is 2. The Hall–Kier alpha value is -2.27. The summed E-state index contributed by atoms with van der Waals surface area (Å²) in [7, 11) is -7.46. The Bertz CT molecular complexity index is 1240. The van der Waals surface area contributed by atoms with Crippen molar-refractivity contribution in [1.82, 2.24) is 9.03 Å². The molecule has 2 N–H and O–H groups in total. The zero-order valence-electron chi connectivity index (χ0n) is 19.4. The van der Waals surface area contributed by atoms with Gasteiger partial charge in [0, 0.05) is 29.9 Å². The number of aryl methyl sites for hydroxylation is 1. The molecule has 0 aliphatic carbocycles. The van der Waals surface area contributed by atoms with Crippen molar-refractivity contribution < 1.29 is 21.6 Å². The SMILES string of the molecule is Cc1ccc(S(=O)(=O)N2CCCCC2)cc1C(=O)Nc1cccc(S(=O)(=O)NC(C)(C)C)c1. The molecule has 3 rings (SSSR count). The number of amides is 1. The van der Waals surface area contributed by atoms with Gasteiger partial charge in [-0.1, -0.05) is 18.6 Å². The lowest BCUT2D eigenvalue weighted by Gasteiger charge is -2.26. The van der Waals surface area contributed by atoms with Crippen molar-refractivity contribution in [3.05, 3.63) is 53.6 Å². The second kappa shape index (κ2) is 9.54. The molecule has 0 radical (unpaired) electrons. The number of benzene rings is 2. The largest absolute Gasteiger partial charge is 0.322 e. The molecule has 0 bridgehead atoms. The van der Waals surface area contributed by atoms with Crippen LogP contribution < -0.4 is 10.0 Å². The van der Waals surface area contributed by atoms with Crippen molar-refractivity contribution in [3.63, 3.8) is 0 Å². The third kappa shape index (κ3) is 6.20. The minimum atomic E-state index is -3.77. The molecule has 0 atom stereocenters. The van der Waals surface area contributed by atoms with Crippen LogP contribution in [0.1, 0.15) is 56.0 Å². The lowest BCUT2D eigenvalue weighted by atomic mass is 10.1. The first-order valence-corrected chi connectivity index (χ1v) is 13.8. The first kappa shape index (κ1) is 25.4. The monoisotopic (exact) mass is 493 g/mol. The highest BCUT2D eigenvalue weighted by atomic mass is 32.2. The smallest absolute Gasteiger partial charge is 0.255 e. The van der Waals surface area contributed by atoms with E-state index >= 15 is 0 Å². The second-order valence-electron chi connectivity index (χ2n) is 9.28. The highest BCUT2D eigenvalue weighted by Crippen LogP contribution is 2.24. The summed E-state index contributed by atoms with van der Waals surface area (Å²) in [5, 5.41) is 2.69. The van der Waals surface area contributed by atoms with E-state index in [-0.39, 0.29) is 15.4 Å². The molecule has 1 heterocycles. The number of anilines is 1. The lowest BCUT2D eigenvalue weighted by molar-refractivity contribution is 0.102. The quantitative estimate of drug-likeness (QED) is 0.640. The van der Waals surface area contributed by atoms with E-state index in [9.17, 15) is 21.6 Å². The fourth-order valence-corrected chi connectivity index (χ4v) is 6.67. The maximum Gasteiger partial charge on any atom is 0.255 e. The van der Waals surface area contributed by atoms with E-state index in [1.165, 1.54) is 34.6 Å². The fraction of sp³-hybridized carbons (Fsp3) is 0.435. The predicted molar refractivity (Wildman–Crippen MR) is 128 cm³/mol. The summed E-state index contributed by atoms with van der Waals surface area (Å²) in [6, 6.07) is 10.4. The molecule has 2 aromatic carbocycles. The van der Waals surface area contributed by atoms with Crippen molar-refractivity contribution in [2.24, 2.45) is 0 Å². The van der Waals surface area contributed by atoms with Crippen molar-refractivity contribution in [3.8, 4) is 0 Å². The maximum atomic E-state index is 13.0. The van der Waals surface area contributed by atoms with Gasteiger partial charge in [-0.05, 0) is 76.4 Å². The topological polar surface area (TPSA) is 113 Å². The van der Waals surface area contributed by atoms with Crippen LogP contribution in [-0.2, 0) is 20.0 Å². The van der Waals surface area contributed by atoms with Gasteiger partial charge in [-0.25, -0.2) is 21.6 Å². The Morgan fingerprint density at radius 2 is 1.58 bits per heavy atom. The van der Waals surface area contributed by atoms with E-state index in [0.717, 1.165) is 19.3 Å². The predicted octanol–water partition coefficient (Wildman–Crippen LogP) is 3.50. The average Bonchev–Trinajstić information content (AvgIpc) is 2.73. The Morgan fingerprint density at radius 3 is 2.21 bits per heavy atom. The molecule has 10 heteroatoms. The number of hydrogen-bond acceptors (Lipinski definition) is 5. The number of piperidine rings is 1. The van der Waals surface area contributed by atoms with Crippen LogP contribution in [0.5, 0.6) is 0 Å². The van der Waals surface area contributed by atoms with Gasteiger partial charge >= 0.3 is 0 Å². The Morgan fingerprint density at radius 1 is 0.909 bits per heavy atom. The molecule has 1 amide bonds. The molecule has 1 aliphatic heterocycles. The summed E-state index contributed by atoms with van der Waals surface area (Å²) in [6.07, 6.45) is 2.65. The summed E-state index contributed by atoms with van der Waals surface area (Å²) >= 11 is 0. The van der Waals surface area contributed by atoms with Gasteiger partial charge in [-0.3, -0.25) is 4.79 Å². The van der Waals surface area contributed by atoms with E-state index in [1.807, 2.05) is 0 Å². The van der Waals surface area contributed by atoms with Crippen molar-refractivity contribution >= 4 is 31.6 Å². The molecule has 33 heavy (non-hydrogen) atoms. The molecule has 2 aromatic rings. The van der Waals surface area contributed by atoms with E-state index in [1.54, 1.807) is 39.8 Å². The van der Waals surface area contributed by atoms with Crippen LogP contribution in [-0.4, -0.2) is 45.7 Å². The Labute approximate surface area is 196 Å². The molecule has 0 unspecified atom stereocenters. The molecule has 180 valence electrons. The third-order valence-electron chi connectivity index (χ3n) is 5.25. The van der Waals surface area contributed by atoms with Gasteiger partial charge in [0.15, 0.2) is 0 Å². The van der Waals surface area contributed by atoms with E-state index < -0.39 is 31.5 Å². The van der Waals surface area contributed by atoms with Gasteiger partial charge in [0.1, 0.15) is 0 Å². The van der Waals surface area contributed by atoms with Crippen LogP contribution in [0.25, 0.3) is 0 Å². The van der Waals surface area contributed by atoms with E-state index in [4.69, 9.17) is 0 Å².